The van der Waals surface area contributed by atoms with E-state index in [4.69, 9.17) is 10.5 Å². The number of nitrogens with two attached hydrogens (primary N) is 1. The minimum Gasteiger partial charge on any atom is -0.384 e. The molecule has 1 fully saturated rings. The van der Waals surface area contributed by atoms with Crippen LogP contribution in [0, 0.1) is 0 Å². The summed E-state index contributed by atoms with van der Waals surface area (Å²) < 4.78 is 5.30. The van der Waals surface area contributed by atoms with Crippen LogP contribution in [0.1, 0.15) is 6.42 Å². The van der Waals surface area contributed by atoms with E-state index in [-0.39, 0.29) is 0 Å². The number of hydrazine groups is 1. The Bertz CT molecular complexity index is 202. The predicted octanol–water partition coefficient (Wildman–Crippen LogP) is -0.604. The van der Waals surface area contributed by atoms with Crippen molar-refractivity contribution in [3.8, 4) is 0 Å². The second-order valence-corrected chi connectivity index (χ2v) is 2.98. The molecule has 0 aromatic carbocycles. The molecular formula is C7H13N3O. The van der Waals surface area contributed by atoms with Crippen LogP contribution in [0.4, 0.5) is 0 Å². The van der Waals surface area contributed by atoms with Gasteiger partial charge in [0.25, 0.3) is 0 Å². The maximum atomic E-state index is 5.82. The van der Waals surface area contributed by atoms with Crippen molar-refractivity contribution >= 4 is 0 Å². The molecule has 3 N–H and O–H groups in total. The summed E-state index contributed by atoms with van der Waals surface area (Å²) >= 11 is 0. The average Bonchev–Trinajstić information content (AvgIpc) is 2.30. The standard InChI is InChI=1S/C7H13N3O/c1-10-7(8)5-2-3-11-4-6(5)9-10/h6,9H,2-4,8H2,1H3. The van der Waals surface area contributed by atoms with Crippen LogP contribution in [0.2, 0.25) is 0 Å². The lowest BCUT2D eigenvalue weighted by Crippen LogP contribution is -2.39. The molecule has 1 unspecified atom stereocenters. The third-order valence-electron chi connectivity index (χ3n) is 2.26. The van der Waals surface area contributed by atoms with Gasteiger partial charge >= 0.3 is 0 Å². The molecule has 0 bridgehead atoms. The highest BCUT2D eigenvalue weighted by Gasteiger charge is 2.29. The summed E-state index contributed by atoms with van der Waals surface area (Å²) in [5.74, 6) is 0.873. The molecule has 2 aliphatic rings. The van der Waals surface area contributed by atoms with Gasteiger partial charge < -0.3 is 10.5 Å². The molecule has 1 saturated heterocycles. The van der Waals surface area contributed by atoms with Crippen molar-refractivity contribution < 1.29 is 4.74 Å². The Hall–Kier alpha value is -0.740. The Morgan fingerprint density at radius 2 is 2.55 bits per heavy atom. The topological polar surface area (TPSA) is 50.5 Å². The highest BCUT2D eigenvalue weighted by Crippen LogP contribution is 2.22. The van der Waals surface area contributed by atoms with Gasteiger partial charge in [-0.1, -0.05) is 0 Å². The van der Waals surface area contributed by atoms with Gasteiger partial charge in [-0.2, -0.15) is 0 Å². The Morgan fingerprint density at radius 3 is 3.27 bits per heavy atom. The van der Waals surface area contributed by atoms with Gasteiger partial charge in [0.2, 0.25) is 0 Å². The molecule has 62 valence electrons. The summed E-state index contributed by atoms with van der Waals surface area (Å²) in [5, 5.41) is 1.87. The van der Waals surface area contributed by atoms with Crippen molar-refractivity contribution in [2.24, 2.45) is 5.73 Å². The Morgan fingerprint density at radius 1 is 1.73 bits per heavy atom. The van der Waals surface area contributed by atoms with Crippen molar-refractivity contribution in [1.29, 1.82) is 0 Å². The summed E-state index contributed by atoms with van der Waals surface area (Å²) in [5.41, 5.74) is 10.3. The number of hydrogen-bond acceptors (Lipinski definition) is 4. The van der Waals surface area contributed by atoms with Gasteiger partial charge in [0.15, 0.2) is 0 Å². The normalized spacial score (nSPS) is 31.0. The van der Waals surface area contributed by atoms with E-state index in [1.54, 1.807) is 0 Å². The lowest BCUT2D eigenvalue weighted by Gasteiger charge is -2.20. The zero-order valence-electron chi connectivity index (χ0n) is 6.63. The van der Waals surface area contributed by atoms with Crippen molar-refractivity contribution in [1.82, 2.24) is 10.4 Å². The van der Waals surface area contributed by atoms with E-state index in [0.717, 1.165) is 25.5 Å². The van der Waals surface area contributed by atoms with Gasteiger partial charge in [-0.05, 0) is 12.0 Å². The zero-order valence-corrected chi connectivity index (χ0v) is 6.63. The predicted molar refractivity (Wildman–Crippen MR) is 41.3 cm³/mol. The van der Waals surface area contributed by atoms with Gasteiger partial charge in [0.1, 0.15) is 5.82 Å². The van der Waals surface area contributed by atoms with Crippen LogP contribution in [-0.4, -0.2) is 31.3 Å². The van der Waals surface area contributed by atoms with E-state index in [0.29, 0.717) is 6.04 Å². The second-order valence-electron chi connectivity index (χ2n) is 2.98. The first-order chi connectivity index (χ1) is 5.29. The largest absolute Gasteiger partial charge is 0.384 e. The molecule has 0 spiro atoms. The monoisotopic (exact) mass is 155 g/mol. The highest BCUT2D eigenvalue weighted by atomic mass is 16.5. The molecule has 2 rings (SSSR count). The molecule has 2 heterocycles. The van der Waals surface area contributed by atoms with Crippen LogP contribution in [0.25, 0.3) is 0 Å². The second kappa shape index (κ2) is 2.39. The van der Waals surface area contributed by atoms with Gasteiger partial charge in [0.05, 0.1) is 19.3 Å². The third kappa shape index (κ3) is 0.985. The SMILES string of the molecule is CN1NC2COCCC2=C1N. The highest BCUT2D eigenvalue weighted by molar-refractivity contribution is 5.22. The number of nitrogens with zero attached hydrogens (tertiary/aromatic N) is 1. The van der Waals surface area contributed by atoms with E-state index in [2.05, 4.69) is 5.43 Å². The minimum absolute atomic E-state index is 0.328. The summed E-state index contributed by atoms with van der Waals surface area (Å²) in [6.45, 7) is 1.56. The molecule has 0 amide bonds. The Balaban J connectivity index is 2.22. The molecule has 0 radical (unpaired) electrons. The molecule has 1 atom stereocenters. The lowest BCUT2D eigenvalue weighted by molar-refractivity contribution is 0.0900. The third-order valence-corrected chi connectivity index (χ3v) is 2.26. The van der Waals surface area contributed by atoms with Crippen LogP contribution in [0.5, 0.6) is 0 Å². The molecule has 4 heteroatoms. The first kappa shape index (κ1) is 6.94. The number of rotatable bonds is 0. The van der Waals surface area contributed by atoms with Crippen molar-refractivity contribution in [3.63, 3.8) is 0 Å². The van der Waals surface area contributed by atoms with Crippen molar-refractivity contribution in [3.05, 3.63) is 11.4 Å². The van der Waals surface area contributed by atoms with Crippen LogP contribution < -0.4 is 11.2 Å². The molecule has 0 aliphatic carbocycles. The average molecular weight is 155 g/mol. The van der Waals surface area contributed by atoms with Crippen molar-refractivity contribution in [2.75, 3.05) is 20.3 Å². The van der Waals surface area contributed by atoms with E-state index in [9.17, 15) is 0 Å². The van der Waals surface area contributed by atoms with E-state index in [1.807, 2.05) is 12.1 Å². The lowest BCUT2D eigenvalue weighted by atomic mass is 10.1. The maximum absolute atomic E-state index is 5.82. The Kier molecular flexibility index (Phi) is 1.51. The van der Waals surface area contributed by atoms with E-state index >= 15 is 0 Å². The Labute approximate surface area is 66.0 Å². The van der Waals surface area contributed by atoms with Crippen LogP contribution in [0.15, 0.2) is 11.4 Å². The van der Waals surface area contributed by atoms with Crippen LogP contribution >= 0.6 is 0 Å². The quantitative estimate of drug-likeness (QED) is 0.490. The summed E-state index contributed by atoms with van der Waals surface area (Å²) in [6, 6.07) is 0.328. The van der Waals surface area contributed by atoms with Crippen molar-refractivity contribution in [2.45, 2.75) is 12.5 Å². The zero-order chi connectivity index (χ0) is 7.84. The van der Waals surface area contributed by atoms with E-state index in [1.165, 1.54) is 5.57 Å². The summed E-state index contributed by atoms with van der Waals surface area (Å²) in [6.07, 6.45) is 0.966. The molecule has 0 saturated carbocycles. The summed E-state index contributed by atoms with van der Waals surface area (Å²) in [7, 11) is 1.93. The van der Waals surface area contributed by atoms with Gasteiger partial charge in [-0.3, -0.25) is 5.01 Å². The number of fused-ring (bicyclic) bond motifs is 1. The molecule has 0 aromatic heterocycles. The molecule has 4 nitrogen and oxygen atoms in total. The van der Waals surface area contributed by atoms with Gasteiger partial charge in [-0.15, -0.1) is 0 Å². The molecule has 11 heavy (non-hydrogen) atoms. The summed E-state index contributed by atoms with van der Waals surface area (Å²) in [4.78, 5) is 0. The number of nitrogens with one attached hydrogen (secondary N) is 1. The fraction of sp³-hybridized carbons (Fsp3) is 0.714. The smallest absolute Gasteiger partial charge is 0.114 e. The number of ether oxygens (including phenoxy) is 1. The minimum atomic E-state index is 0.328. The molecule has 2 aliphatic heterocycles. The first-order valence-electron chi connectivity index (χ1n) is 3.85. The maximum Gasteiger partial charge on any atom is 0.114 e. The molecular weight excluding hydrogens is 142 g/mol. The number of hydrogen-bond donors (Lipinski definition) is 2. The van der Waals surface area contributed by atoms with Crippen LogP contribution in [-0.2, 0) is 4.74 Å². The first-order valence-corrected chi connectivity index (χ1v) is 3.85. The fourth-order valence-corrected chi connectivity index (χ4v) is 1.60. The van der Waals surface area contributed by atoms with Gasteiger partial charge in [-0.25, -0.2) is 5.43 Å². The fourth-order valence-electron chi connectivity index (χ4n) is 1.60. The molecule has 0 aromatic rings. The van der Waals surface area contributed by atoms with Gasteiger partial charge in [0, 0.05) is 7.05 Å². The van der Waals surface area contributed by atoms with Crippen LogP contribution in [0.3, 0.4) is 0 Å². The van der Waals surface area contributed by atoms with E-state index < -0.39 is 0 Å².